The Bertz CT molecular complexity index is 809. The number of hydrogen-bond acceptors (Lipinski definition) is 4. The molecule has 0 amide bonds. The van der Waals surface area contributed by atoms with Gasteiger partial charge in [-0.25, -0.2) is 14.8 Å². The van der Waals surface area contributed by atoms with E-state index in [1.54, 1.807) is 12.1 Å². The van der Waals surface area contributed by atoms with Gasteiger partial charge in [0.2, 0.25) is 0 Å². The molecule has 0 saturated carbocycles. The fourth-order valence-corrected chi connectivity index (χ4v) is 3.62. The van der Waals surface area contributed by atoms with Crippen molar-refractivity contribution in [2.75, 3.05) is 0 Å². The standard InChI is InChI=1S/C17H15F3N2O2S/c18-17(19,20)14-12-6-1-2-7-13(12)21-16(22-14)25-9-10-4-3-5-11(8-10)15(23)24/h3-5,8H,1-2,6-7,9H2,(H,23,24). The lowest BCUT2D eigenvalue weighted by Crippen LogP contribution is -2.19. The molecule has 3 rings (SSSR count). The Kier molecular flexibility index (Phi) is 4.99. The highest BCUT2D eigenvalue weighted by atomic mass is 32.2. The fraction of sp³-hybridized carbons (Fsp3) is 0.353. The summed E-state index contributed by atoms with van der Waals surface area (Å²) in [5, 5.41) is 9.07. The molecule has 1 aliphatic carbocycles. The molecule has 0 atom stereocenters. The minimum Gasteiger partial charge on any atom is -0.478 e. The molecular formula is C17H15F3N2O2S. The van der Waals surface area contributed by atoms with Gasteiger partial charge in [0.15, 0.2) is 10.9 Å². The van der Waals surface area contributed by atoms with Gasteiger partial charge in [0.05, 0.1) is 5.56 Å². The average Bonchev–Trinajstić information content (AvgIpc) is 2.58. The maximum Gasteiger partial charge on any atom is 0.433 e. The number of carbonyl (C=O) groups is 1. The van der Waals surface area contributed by atoms with Crippen molar-refractivity contribution in [2.24, 2.45) is 0 Å². The number of benzene rings is 1. The lowest BCUT2D eigenvalue weighted by Gasteiger charge is -2.20. The molecule has 1 aromatic carbocycles. The third-order valence-corrected chi connectivity index (χ3v) is 4.89. The van der Waals surface area contributed by atoms with Crippen LogP contribution in [0.5, 0.6) is 0 Å². The molecule has 1 aliphatic rings. The molecule has 1 heterocycles. The Morgan fingerprint density at radius 1 is 1.20 bits per heavy atom. The van der Waals surface area contributed by atoms with Crippen LogP contribution in [-0.2, 0) is 24.8 Å². The molecule has 0 unspecified atom stereocenters. The lowest BCUT2D eigenvalue weighted by molar-refractivity contribution is -0.142. The number of aryl methyl sites for hydroxylation is 1. The number of aromatic nitrogens is 2. The van der Waals surface area contributed by atoms with Crippen molar-refractivity contribution in [3.05, 3.63) is 52.3 Å². The van der Waals surface area contributed by atoms with Gasteiger partial charge in [-0.15, -0.1) is 0 Å². The summed E-state index contributed by atoms with van der Waals surface area (Å²) in [6, 6.07) is 6.29. The van der Waals surface area contributed by atoms with Crippen LogP contribution in [0.25, 0.3) is 0 Å². The average molecular weight is 368 g/mol. The quantitative estimate of drug-likeness (QED) is 0.642. The number of carboxylic acids is 1. The van der Waals surface area contributed by atoms with Gasteiger partial charge in [0, 0.05) is 17.0 Å². The van der Waals surface area contributed by atoms with Crippen molar-refractivity contribution in [3.8, 4) is 0 Å². The van der Waals surface area contributed by atoms with Crippen LogP contribution in [0.15, 0.2) is 29.4 Å². The van der Waals surface area contributed by atoms with Crippen molar-refractivity contribution in [1.29, 1.82) is 0 Å². The first kappa shape index (κ1) is 17.7. The Morgan fingerprint density at radius 2 is 1.96 bits per heavy atom. The zero-order chi connectivity index (χ0) is 18.0. The number of fused-ring (bicyclic) bond motifs is 1. The Balaban J connectivity index is 1.85. The Hall–Kier alpha value is -2.09. The van der Waals surface area contributed by atoms with Gasteiger partial charge in [0.25, 0.3) is 0 Å². The zero-order valence-corrected chi connectivity index (χ0v) is 14.0. The first-order valence-corrected chi connectivity index (χ1v) is 8.75. The topological polar surface area (TPSA) is 63.1 Å². The molecule has 132 valence electrons. The molecule has 0 fully saturated rings. The third kappa shape index (κ3) is 4.12. The minimum atomic E-state index is -4.50. The van der Waals surface area contributed by atoms with Gasteiger partial charge >= 0.3 is 12.1 Å². The normalized spacial score (nSPS) is 14.2. The van der Waals surface area contributed by atoms with E-state index >= 15 is 0 Å². The van der Waals surface area contributed by atoms with Crippen LogP contribution in [0, 0.1) is 0 Å². The van der Waals surface area contributed by atoms with E-state index in [4.69, 9.17) is 5.11 Å². The molecule has 1 N–H and O–H groups in total. The SMILES string of the molecule is O=C(O)c1cccc(CSc2nc3c(c(C(F)(F)F)n2)CCCC3)c1. The summed E-state index contributed by atoms with van der Waals surface area (Å²) >= 11 is 1.08. The molecule has 0 radical (unpaired) electrons. The number of carboxylic acid groups (broad SMARTS) is 1. The number of halogens is 3. The maximum atomic E-state index is 13.3. The number of rotatable bonds is 4. The molecule has 0 aliphatic heterocycles. The van der Waals surface area contributed by atoms with Crippen LogP contribution in [0.3, 0.4) is 0 Å². The summed E-state index contributed by atoms with van der Waals surface area (Å²) in [5.74, 6) is -0.742. The number of thioether (sulfide) groups is 1. The number of aromatic carboxylic acids is 1. The molecule has 0 spiro atoms. The predicted molar refractivity (Wildman–Crippen MR) is 86.6 cm³/mol. The smallest absolute Gasteiger partial charge is 0.433 e. The first-order valence-electron chi connectivity index (χ1n) is 7.76. The third-order valence-electron chi connectivity index (χ3n) is 3.97. The van der Waals surface area contributed by atoms with E-state index in [0.717, 1.165) is 18.2 Å². The molecule has 8 heteroatoms. The van der Waals surface area contributed by atoms with Crippen LogP contribution in [0.4, 0.5) is 13.2 Å². The molecule has 25 heavy (non-hydrogen) atoms. The largest absolute Gasteiger partial charge is 0.478 e. The van der Waals surface area contributed by atoms with Crippen LogP contribution >= 0.6 is 11.8 Å². The van der Waals surface area contributed by atoms with E-state index in [2.05, 4.69) is 9.97 Å². The minimum absolute atomic E-state index is 0.0775. The second-order valence-electron chi connectivity index (χ2n) is 5.78. The molecule has 0 bridgehead atoms. The van der Waals surface area contributed by atoms with E-state index in [1.165, 1.54) is 12.1 Å². The zero-order valence-electron chi connectivity index (χ0n) is 13.1. The fourth-order valence-electron chi connectivity index (χ4n) is 2.81. The summed E-state index contributed by atoms with van der Waals surface area (Å²) in [5.41, 5.74) is 0.700. The molecule has 0 saturated heterocycles. The van der Waals surface area contributed by atoms with Gasteiger partial charge in [-0.05, 0) is 43.4 Å². The van der Waals surface area contributed by atoms with Crippen molar-refractivity contribution in [3.63, 3.8) is 0 Å². The second-order valence-corrected chi connectivity index (χ2v) is 6.72. The summed E-state index contributed by atoms with van der Waals surface area (Å²) in [4.78, 5) is 19.0. The molecule has 1 aromatic heterocycles. The van der Waals surface area contributed by atoms with E-state index in [0.29, 0.717) is 36.3 Å². The molecule has 2 aromatic rings. The van der Waals surface area contributed by atoms with Crippen LogP contribution in [0.2, 0.25) is 0 Å². The highest BCUT2D eigenvalue weighted by molar-refractivity contribution is 7.98. The van der Waals surface area contributed by atoms with Crippen LogP contribution < -0.4 is 0 Å². The molecule has 4 nitrogen and oxygen atoms in total. The van der Waals surface area contributed by atoms with Crippen molar-refractivity contribution >= 4 is 17.7 Å². The lowest BCUT2D eigenvalue weighted by atomic mass is 9.94. The van der Waals surface area contributed by atoms with E-state index in [1.807, 2.05) is 0 Å². The monoisotopic (exact) mass is 368 g/mol. The van der Waals surface area contributed by atoms with Crippen LogP contribution in [0.1, 0.15) is 45.7 Å². The van der Waals surface area contributed by atoms with Gasteiger partial charge in [-0.3, -0.25) is 0 Å². The van der Waals surface area contributed by atoms with Crippen molar-refractivity contribution in [2.45, 2.75) is 42.8 Å². The maximum absolute atomic E-state index is 13.3. The molecular weight excluding hydrogens is 353 g/mol. The van der Waals surface area contributed by atoms with E-state index in [-0.39, 0.29) is 16.3 Å². The van der Waals surface area contributed by atoms with Crippen molar-refractivity contribution in [1.82, 2.24) is 9.97 Å². The number of nitrogens with zero attached hydrogens (tertiary/aromatic N) is 2. The summed E-state index contributed by atoms with van der Waals surface area (Å²) < 4.78 is 39.9. The highest BCUT2D eigenvalue weighted by Gasteiger charge is 2.37. The van der Waals surface area contributed by atoms with Gasteiger partial charge < -0.3 is 5.11 Å². The summed E-state index contributed by atoms with van der Waals surface area (Å²) in [7, 11) is 0. The summed E-state index contributed by atoms with van der Waals surface area (Å²) in [6.45, 7) is 0. The Morgan fingerprint density at radius 3 is 2.68 bits per heavy atom. The number of alkyl halides is 3. The summed E-state index contributed by atoms with van der Waals surface area (Å²) in [6.07, 6.45) is -2.07. The number of hydrogen-bond donors (Lipinski definition) is 1. The van der Waals surface area contributed by atoms with E-state index < -0.39 is 17.8 Å². The second kappa shape index (κ2) is 7.03. The Labute approximate surface area is 146 Å². The van der Waals surface area contributed by atoms with Gasteiger partial charge in [-0.2, -0.15) is 13.2 Å². The van der Waals surface area contributed by atoms with Crippen LogP contribution in [-0.4, -0.2) is 21.0 Å². The van der Waals surface area contributed by atoms with E-state index in [9.17, 15) is 18.0 Å². The predicted octanol–water partition coefficient (Wildman–Crippen LogP) is 4.36. The van der Waals surface area contributed by atoms with Crippen molar-refractivity contribution < 1.29 is 23.1 Å². The first-order chi connectivity index (χ1) is 11.8. The van der Waals surface area contributed by atoms with Gasteiger partial charge in [-0.1, -0.05) is 23.9 Å². The van der Waals surface area contributed by atoms with Gasteiger partial charge in [0.1, 0.15) is 0 Å². The highest BCUT2D eigenvalue weighted by Crippen LogP contribution is 2.36.